The largest absolute Gasteiger partial charge is 0.179 e. The predicted molar refractivity (Wildman–Crippen MR) is 62.1 cm³/mol. The quantitative estimate of drug-likeness (QED) is 0.512. The maximum absolute atomic E-state index is 3.92. The first kappa shape index (κ1) is 14.2. The third-order valence-corrected chi connectivity index (χ3v) is 2.76. The summed E-state index contributed by atoms with van der Waals surface area (Å²) in [4.78, 5) is 0. The molecule has 0 aliphatic rings. The Morgan fingerprint density at radius 3 is 1.45 bits per heavy atom. The van der Waals surface area contributed by atoms with Crippen LogP contribution in [0, 0.1) is 0 Å². The van der Waals surface area contributed by atoms with Crippen LogP contribution < -0.4 is 0 Å². The van der Waals surface area contributed by atoms with E-state index in [0.717, 1.165) is 5.75 Å². The van der Waals surface area contributed by atoms with Gasteiger partial charge in [-0.05, 0) is 36.5 Å². The highest BCUT2D eigenvalue weighted by Crippen LogP contribution is 2.02. The van der Waals surface area contributed by atoms with Gasteiger partial charge in [0.05, 0.1) is 0 Å². The second-order valence-corrected chi connectivity index (χ2v) is 4.01. The summed E-state index contributed by atoms with van der Waals surface area (Å²) in [5, 5.41) is 0. The molecule has 0 aromatic rings. The third-order valence-electron chi connectivity index (χ3n) is 0.921. The van der Waals surface area contributed by atoms with Gasteiger partial charge >= 0.3 is 0 Å². The topological polar surface area (TPSA) is 0 Å². The van der Waals surface area contributed by atoms with E-state index in [-0.39, 0.29) is 0 Å². The molecule has 0 aromatic heterocycles. The summed E-state index contributed by atoms with van der Waals surface area (Å²) in [6.45, 7) is 6.55. The average Bonchev–Trinajstić information content (AvgIpc) is 2.06. The number of thiol groups is 1. The molecule has 0 saturated heterocycles. The Labute approximate surface area is 81.9 Å². The molecular formula is C9H22S2. The van der Waals surface area contributed by atoms with Gasteiger partial charge in [0.2, 0.25) is 0 Å². The summed E-state index contributed by atoms with van der Waals surface area (Å²) in [6, 6.07) is 0. The maximum Gasteiger partial charge on any atom is -0.00702 e. The molecule has 0 N–H and O–H groups in total. The average molecular weight is 194 g/mol. The molecule has 0 saturated carbocycles. The summed E-state index contributed by atoms with van der Waals surface area (Å²) >= 11 is 5.97. The first-order chi connectivity index (χ1) is 5.33. The summed E-state index contributed by atoms with van der Waals surface area (Å²) in [5.74, 6) is 3.70. The molecule has 0 unspecified atom stereocenters. The zero-order chi connectivity index (χ0) is 8.95. The SMILES string of the molecule is CCCS.CCCSCCC. The first-order valence-corrected chi connectivity index (χ1v) is 6.30. The van der Waals surface area contributed by atoms with Crippen LogP contribution in [0.25, 0.3) is 0 Å². The van der Waals surface area contributed by atoms with E-state index in [2.05, 4.69) is 45.2 Å². The van der Waals surface area contributed by atoms with Crippen molar-refractivity contribution < 1.29 is 0 Å². The van der Waals surface area contributed by atoms with Crippen molar-refractivity contribution in [2.75, 3.05) is 17.3 Å². The van der Waals surface area contributed by atoms with Crippen molar-refractivity contribution in [3.05, 3.63) is 0 Å². The van der Waals surface area contributed by atoms with Crippen LogP contribution in [0.4, 0.5) is 0 Å². The molecule has 0 nitrogen and oxygen atoms in total. The van der Waals surface area contributed by atoms with Crippen molar-refractivity contribution in [1.29, 1.82) is 0 Å². The second kappa shape index (κ2) is 17.0. The summed E-state index contributed by atoms with van der Waals surface area (Å²) < 4.78 is 0. The molecule has 0 spiro atoms. The lowest BCUT2D eigenvalue weighted by atomic mass is 10.6. The monoisotopic (exact) mass is 194 g/mol. The van der Waals surface area contributed by atoms with E-state index < -0.39 is 0 Å². The maximum atomic E-state index is 3.92. The molecule has 0 bridgehead atoms. The Hall–Kier alpha value is 0.700. The van der Waals surface area contributed by atoms with Crippen molar-refractivity contribution in [2.45, 2.75) is 40.0 Å². The zero-order valence-electron chi connectivity index (χ0n) is 8.10. The molecule has 0 rings (SSSR count). The first-order valence-electron chi connectivity index (χ1n) is 4.51. The molecular weight excluding hydrogens is 172 g/mol. The molecule has 0 aliphatic carbocycles. The lowest BCUT2D eigenvalue weighted by Crippen LogP contribution is -1.76. The normalized spacial score (nSPS) is 8.73. The Bertz CT molecular complexity index is 40.8. The molecule has 0 fully saturated rings. The van der Waals surface area contributed by atoms with Crippen LogP contribution >= 0.6 is 24.4 Å². The number of hydrogen-bond donors (Lipinski definition) is 1. The van der Waals surface area contributed by atoms with E-state index in [1.165, 1.54) is 30.8 Å². The Morgan fingerprint density at radius 1 is 0.909 bits per heavy atom. The van der Waals surface area contributed by atoms with Gasteiger partial charge in [0.15, 0.2) is 0 Å². The molecule has 2 heteroatoms. The lowest BCUT2D eigenvalue weighted by molar-refractivity contribution is 1.07. The van der Waals surface area contributed by atoms with Crippen LogP contribution in [-0.2, 0) is 0 Å². The predicted octanol–water partition coefficient (Wildman–Crippen LogP) is 3.87. The molecule has 70 valence electrons. The van der Waals surface area contributed by atoms with Gasteiger partial charge in [-0.2, -0.15) is 24.4 Å². The number of thioether (sulfide) groups is 1. The Balaban J connectivity index is 0. The molecule has 0 atom stereocenters. The van der Waals surface area contributed by atoms with Gasteiger partial charge in [-0.15, -0.1) is 0 Å². The van der Waals surface area contributed by atoms with Gasteiger partial charge in [0, 0.05) is 0 Å². The van der Waals surface area contributed by atoms with E-state index in [9.17, 15) is 0 Å². The highest BCUT2D eigenvalue weighted by molar-refractivity contribution is 7.99. The van der Waals surface area contributed by atoms with Crippen molar-refractivity contribution in [3.8, 4) is 0 Å². The summed E-state index contributed by atoms with van der Waals surface area (Å²) in [5.41, 5.74) is 0. The van der Waals surface area contributed by atoms with Gasteiger partial charge in [-0.25, -0.2) is 0 Å². The molecule has 0 amide bonds. The Kier molecular flexibility index (Phi) is 22.0. The van der Waals surface area contributed by atoms with Gasteiger partial charge in [0.1, 0.15) is 0 Å². The summed E-state index contributed by atoms with van der Waals surface area (Å²) in [6.07, 6.45) is 3.83. The van der Waals surface area contributed by atoms with E-state index >= 15 is 0 Å². The van der Waals surface area contributed by atoms with Crippen LogP contribution in [-0.4, -0.2) is 17.3 Å². The molecule has 11 heavy (non-hydrogen) atoms. The van der Waals surface area contributed by atoms with Crippen LogP contribution in [0.1, 0.15) is 40.0 Å². The van der Waals surface area contributed by atoms with Crippen molar-refractivity contribution in [3.63, 3.8) is 0 Å². The highest BCUT2D eigenvalue weighted by Gasteiger charge is 1.79. The van der Waals surface area contributed by atoms with E-state index in [1.54, 1.807) is 0 Å². The minimum absolute atomic E-state index is 1.01. The fourth-order valence-corrected chi connectivity index (χ4v) is 1.17. The molecule has 0 aromatic carbocycles. The van der Waals surface area contributed by atoms with Gasteiger partial charge in [-0.1, -0.05) is 20.8 Å². The van der Waals surface area contributed by atoms with Gasteiger partial charge < -0.3 is 0 Å². The Morgan fingerprint density at radius 2 is 1.27 bits per heavy atom. The zero-order valence-corrected chi connectivity index (χ0v) is 9.81. The van der Waals surface area contributed by atoms with Crippen LogP contribution in [0.3, 0.4) is 0 Å². The molecule has 0 heterocycles. The van der Waals surface area contributed by atoms with Crippen molar-refractivity contribution >= 4 is 24.4 Å². The fraction of sp³-hybridized carbons (Fsp3) is 1.00. The number of rotatable bonds is 5. The minimum atomic E-state index is 1.01. The van der Waals surface area contributed by atoms with E-state index in [4.69, 9.17) is 0 Å². The van der Waals surface area contributed by atoms with E-state index in [1.807, 2.05) is 0 Å². The minimum Gasteiger partial charge on any atom is -0.179 e. The summed E-state index contributed by atoms with van der Waals surface area (Å²) in [7, 11) is 0. The molecule has 0 aliphatic heterocycles. The smallest absolute Gasteiger partial charge is 0.00702 e. The van der Waals surface area contributed by atoms with Gasteiger partial charge in [-0.3, -0.25) is 0 Å². The van der Waals surface area contributed by atoms with Crippen LogP contribution in [0.5, 0.6) is 0 Å². The second-order valence-electron chi connectivity index (χ2n) is 2.34. The standard InChI is InChI=1S/C6H14S.C3H8S/c1-3-5-7-6-4-2;1-2-3-4/h3-6H2,1-2H3;4H,2-3H2,1H3. The van der Waals surface area contributed by atoms with Crippen LogP contribution in [0.2, 0.25) is 0 Å². The number of hydrogen-bond acceptors (Lipinski definition) is 2. The van der Waals surface area contributed by atoms with Crippen molar-refractivity contribution in [1.82, 2.24) is 0 Å². The molecule has 0 radical (unpaired) electrons. The fourth-order valence-electron chi connectivity index (χ4n) is 0.391. The lowest BCUT2D eigenvalue weighted by Gasteiger charge is -1.91. The van der Waals surface area contributed by atoms with Crippen molar-refractivity contribution in [2.24, 2.45) is 0 Å². The third kappa shape index (κ3) is 24.9. The highest BCUT2D eigenvalue weighted by atomic mass is 32.2. The van der Waals surface area contributed by atoms with Gasteiger partial charge in [0.25, 0.3) is 0 Å². The van der Waals surface area contributed by atoms with E-state index in [0.29, 0.717) is 0 Å². The van der Waals surface area contributed by atoms with Crippen LogP contribution in [0.15, 0.2) is 0 Å².